The van der Waals surface area contributed by atoms with E-state index in [4.69, 9.17) is 16.3 Å². The number of hydrogen-bond acceptors (Lipinski definition) is 7. The number of hydrogen-bond donors (Lipinski definition) is 3. The smallest absolute Gasteiger partial charge is 0.123 e. The minimum absolute atomic E-state index is 0.324. The van der Waals surface area contributed by atoms with E-state index in [1.165, 1.54) is 18.3 Å². The van der Waals surface area contributed by atoms with Crippen LogP contribution in [0.15, 0.2) is 48.8 Å². The molecule has 0 bridgehead atoms. The van der Waals surface area contributed by atoms with Gasteiger partial charge < -0.3 is 15.4 Å². The first-order valence-electron chi connectivity index (χ1n) is 10.8. The molecule has 1 fully saturated rings. The number of aromatic nitrogens is 4. The summed E-state index contributed by atoms with van der Waals surface area (Å²) >= 11 is 6.62. The second-order valence-electron chi connectivity index (χ2n) is 8.15. The summed E-state index contributed by atoms with van der Waals surface area (Å²) in [5.41, 5.74) is 3.84. The van der Waals surface area contributed by atoms with Crippen LogP contribution in [0.1, 0.15) is 29.3 Å². The molecule has 0 saturated carbocycles. The highest BCUT2D eigenvalue weighted by molar-refractivity contribution is 6.35. The van der Waals surface area contributed by atoms with Gasteiger partial charge in [0.25, 0.3) is 0 Å². The van der Waals surface area contributed by atoms with Crippen LogP contribution in [0.4, 0.5) is 15.8 Å². The van der Waals surface area contributed by atoms with E-state index in [1.54, 1.807) is 24.4 Å². The van der Waals surface area contributed by atoms with Crippen LogP contribution in [0.25, 0.3) is 10.9 Å². The number of nitrogens with zero attached hydrogens (tertiary/aromatic N) is 4. The highest BCUT2D eigenvalue weighted by Gasteiger charge is 2.20. The predicted molar refractivity (Wildman–Crippen MR) is 127 cm³/mol. The fourth-order valence-corrected chi connectivity index (χ4v) is 4.38. The van der Waals surface area contributed by atoms with Crippen molar-refractivity contribution in [3.63, 3.8) is 0 Å². The van der Waals surface area contributed by atoms with Crippen molar-refractivity contribution in [2.75, 3.05) is 30.4 Å². The molecule has 34 heavy (non-hydrogen) atoms. The zero-order valence-electron chi connectivity index (χ0n) is 18.1. The third-order valence-electron chi connectivity index (χ3n) is 5.88. The van der Waals surface area contributed by atoms with E-state index in [9.17, 15) is 9.65 Å². The van der Waals surface area contributed by atoms with Crippen molar-refractivity contribution in [3.8, 4) is 6.07 Å². The minimum atomic E-state index is -0.410. The normalized spacial score (nSPS) is 16.3. The molecule has 3 N–H and O–H groups in total. The molecular weight excluding hydrogens is 457 g/mol. The lowest BCUT2D eigenvalue weighted by atomic mass is 10.0. The minimum Gasteiger partial charge on any atom is -0.383 e. The van der Waals surface area contributed by atoms with Gasteiger partial charge in [0.1, 0.15) is 17.6 Å². The van der Waals surface area contributed by atoms with E-state index >= 15 is 0 Å². The van der Waals surface area contributed by atoms with Crippen molar-refractivity contribution < 1.29 is 9.13 Å². The number of ether oxygens (including phenoxy) is 1. The molecule has 172 valence electrons. The zero-order valence-corrected chi connectivity index (χ0v) is 18.8. The van der Waals surface area contributed by atoms with Gasteiger partial charge in [0, 0.05) is 36.3 Å². The second kappa shape index (κ2) is 9.63. The summed E-state index contributed by atoms with van der Waals surface area (Å²) in [6, 6.07) is 11.7. The zero-order chi connectivity index (χ0) is 23.5. The van der Waals surface area contributed by atoms with Crippen molar-refractivity contribution in [2.45, 2.75) is 12.5 Å². The molecule has 0 spiro atoms. The van der Waals surface area contributed by atoms with Gasteiger partial charge in [-0.05, 0) is 36.2 Å². The van der Waals surface area contributed by atoms with E-state index in [0.717, 1.165) is 24.0 Å². The van der Waals surface area contributed by atoms with Crippen LogP contribution in [-0.2, 0) is 4.74 Å². The van der Waals surface area contributed by atoms with E-state index < -0.39 is 6.04 Å². The first kappa shape index (κ1) is 22.1. The van der Waals surface area contributed by atoms with Gasteiger partial charge in [-0.25, -0.2) is 4.39 Å². The van der Waals surface area contributed by atoms with Crippen LogP contribution in [0.5, 0.6) is 0 Å². The SMILES string of the molecule is N#Cc1cnc2c(Cl)cc(N[C@@H](c3ccc(F)cc3)c3cn[nH]n3)cc2c1NCC1CCOC1. The summed E-state index contributed by atoms with van der Waals surface area (Å²) in [5.74, 6) is 0.0523. The average molecular weight is 478 g/mol. The Bertz CT molecular complexity index is 1330. The number of nitriles is 1. The Kier molecular flexibility index (Phi) is 6.25. The molecule has 5 rings (SSSR count). The molecule has 4 aromatic rings. The molecule has 0 amide bonds. The molecule has 1 aliphatic heterocycles. The summed E-state index contributed by atoms with van der Waals surface area (Å²) in [6.07, 6.45) is 4.11. The number of benzene rings is 2. The van der Waals surface area contributed by atoms with Crippen molar-refractivity contribution in [3.05, 3.63) is 76.5 Å². The molecule has 8 nitrogen and oxygen atoms in total. The number of H-pyrrole nitrogens is 1. The van der Waals surface area contributed by atoms with Crippen LogP contribution in [-0.4, -0.2) is 40.2 Å². The molecule has 1 aliphatic rings. The monoisotopic (exact) mass is 477 g/mol. The molecule has 2 aromatic carbocycles. The van der Waals surface area contributed by atoms with Crippen molar-refractivity contribution in [1.29, 1.82) is 5.26 Å². The summed E-state index contributed by atoms with van der Waals surface area (Å²) in [4.78, 5) is 4.41. The standard InChI is InChI=1S/C24H21ClFN7O/c25-20-8-18(31-23(21-12-30-33-32-21)15-1-3-17(26)4-2-15)7-19-22(16(9-27)11-29-24(19)20)28-10-14-5-6-34-13-14/h1-4,7-8,11-12,14,23,31H,5-6,10,13H2,(H,28,29)(H,30,32,33)/t14?,23-/m0/s1. The number of nitrogens with one attached hydrogen (secondary N) is 3. The maximum atomic E-state index is 13.5. The fraction of sp³-hybridized carbons (Fsp3) is 0.250. The summed E-state index contributed by atoms with van der Waals surface area (Å²) < 4.78 is 19.0. The average Bonchev–Trinajstić information content (AvgIpc) is 3.56. The quantitative estimate of drug-likeness (QED) is 0.354. The van der Waals surface area contributed by atoms with Gasteiger partial charge in [-0.1, -0.05) is 23.7 Å². The molecule has 10 heteroatoms. The molecule has 2 aromatic heterocycles. The number of fused-ring (bicyclic) bond motifs is 1. The van der Waals surface area contributed by atoms with Crippen molar-refractivity contribution >= 4 is 33.9 Å². The highest BCUT2D eigenvalue weighted by atomic mass is 35.5. The van der Waals surface area contributed by atoms with E-state index in [0.29, 0.717) is 52.2 Å². The molecule has 0 radical (unpaired) electrons. The van der Waals surface area contributed by atoms with Gasteiger partial charge in [-0.3, -0.25) is 4.98 Å². The van der Waals surface area contributed by atoms with E-state index in [1.807, 2.05) is 6.07 Å². The first-order chi connectivity index (χ1) is 16.6. The van der Waals surface area contributed by atoms with Gasteiger partial charge in [-0.15, -0.1) is 0 Å². The fourth-order valence-electron chi connectivity index (χ4n) is 4.11. The van der Waals surface area contributed by atoms with Gasteiger partial charge in [0.2, 0.25) is 0 Å². The number of rotatable bonds is 7. The van der Waals surface area contributed by atoms with Gasteiger partial charge in [0.15, 0.2) is 0 Å². The number of pyridine rings is 1. The molecule has 3 heterocycles. The third-order valence-corrected chi connectivity index (χ3v) is 6.17. The Hall–Kier alpha value is -3.74. The summed E-state index contributed by atoms with van der Waals surface area (Å²) in [7, 11) is 0. The molecule has 1 unspecified atom stereocenters. The Morgan fingerprint density at radius 3 is 2.82 bits per heavy atom. The highest BCUT2D eigenvalue weighted by Crippen LogP contribution is 2.35. The predicted octanol–water partition coefficient (Wildman–Crippen LogP) is 4.67. The van der Waals surface area contributed by atoms with E-state index in [-0.39, 0.29) is 5.82 Å². The Balaban J connectivity index is 1.54. The number of anilines is 2. The Morgan fingerprint density at radius 1 is 1.26 bits per heavy atom. The lowest BCUT2D eigenvalue weighted by molar-refractivity contribution is 0.187. The summed E-state index contributed by atoms with van der Waals surface area (Å²) in [5, 5.41) is 28.5. The molecule has 1 saturated heterocycles. The first-order valence-corrected chi connectivity index (χ1v) is 11.2. The lowest BCUT2D eigenvalue weighted by Gasteiger charge is -2.20. The van der Waals surface area contributed by atoms with E-state index in [2.05, 4.69) is 37.1 Å². The largest absolute Gasteiger partial charge is 0.383 e. The second-order valence-corrected chi connectivity index (χ2v) is 8.55. The van der Waals surface area contributed by atoms with Gasteiger partial charge in [0.05, 0.1) is 40.6 Å². The number of halogens is 2. The lowest BCUT2D eigenvalue weighted by Crippen LogP contribution is -2.15. The van der Waals surface area contributed by atoms with Gasteiger partial charge >= 0.3 is 0 Å². The van der Waals surface area contributed by atoms with Crippen LogP contribution in [0.2, 0.25) is 5.02 Å². The summed E-state index contributed by atoms with van der Waals surface area (Å²) in [6.45, 7) is 2.13. The Labute approximate surface area is 200 Å². The van der Waals surface area contributed by atoms with Gasteiger partial charge in [-0.2, -0.15) is 20.7 Å². The topological polar surface area (TPSA) is 112 Å². The van der Waals surface area contributed by atoms with Crippen LogP contribution in [0.3, 0.4) is 0 Å². The third kappa shape index (κ3) is 4.51. The van der Waals surface area contributed by atoms with Crippen LogP contribution in [0, 0.1) is 23.1 Å². The molecule has 0 aliphatic carbocycles. The van der Waals surface area contributed by atoms with Crippen LogP contribution >= 0.6 is 11.6 Å². The Morgan fingerprint density at radius 2 is 2.12 bits per heavy atom. The number of aromatic amines is 1. The van der Waals surface area contributed by atoms with Crippen molar-refractivity contribution in [2.24, 2.45) is 5.92 Å². The van der Waals surface area contributed by atoms with Crippen molar-refractivity contribution in [1.82, 2.24) is 20.4 Å². The molecular formula is C24H21ClFN7O. The maximum absolute atomic E-state index is 13.5. The van der Waals surface area contributed by atoms with Crippen LogP contribution < -0.4 is 10.6 Å². The maximum Gasteiger partial charge on any atom is 0.123 e. The molecule has 2 atom stereocenters.